The molecular weight excluding hydrogens is 291 g/mol. The van der Waals surface area contributed by atoms with Crippen LogP contribution in [-0.4, -0.2) is 31.5 Å². The Morgan fingerprint density at radius 2 is 1.90 bits per heavy atom. The van der Waals surface area contributed by atoms with Gasteiger partial charge >= 0.3 is 12.3 Å². The first kappa shape index (κ1) is 14.9. The molecule has 0 aliphatic heterocycles. The third kappa shape index (κ3) is 3.33. The molecule has 21 heavy (non-hydrogen) atoms. The molecule has 0 N–H and O–H groups in total. The van der Waals surface area contributed by atoms with Crippen LogP contribution in [0, 0.1) is 0 Å². The van der Waals surface area contributed by atoms with Gasteiger partial charge in [0.1, 0.15) is 11.5 Å². The zero-order chi connectivity index (χ0) is 15.6. The second-order valence-corrected chi connectivity index (χ2v) is 3.93. The molecule has 0 saturated carbocycles. The summed E-state index contributed by atoms with van der Waals surface area (Å²) >= 11 is 0. The largest absolute Gasteiger partial charge is 0.573 e. The SMILES string of the molecule is COC(=O)c1cc(OC)c2cc(OC(F)(F)F)ccc2n1. The van der Waals surface area contributed by atoms with E-state index >= 15 is 0 Å². The number of aromatic nitrogens is 1. The van der Waals surface area contributed by atoms with Gasteiger partial charge in [-0.25, -0.2) is 9.78 Å². The first-order valence-electron chi connectivity index (χ1n) is 5.67. The van der Waals surface area contributed by atoms with Gasteiger partial charge in [-0.2, -0.15) is 0 Å². The van der Waals surface area contributed by atoms with Crippen molar-refractivity contribution in [3.63, 3.8) is 0 Å². The summed E-state index contributed by atoms with van der Waals surface area (Å²) in [6, 6.07) is 4.82. The average Bonchev–Trinajstić information content (AvgIpc) is 2.43. The highest BCUT2D eigenvalue weighted by molar-refractivity contribution is 5.94. The van der Waals surface area contributed by atoms with Gasteiger partial charge in [0.15, 0.2) is 5.69 Å². The van der Waals surface area contributed by atoms with Gasteiger partial charge in [-0.1, -0.05) is 0 Å². The molecule has 112 valence electrons. The Labute approximate surface area is 117 Å². The van der Waals surface area contributed by atoms with E-state index in [9.17, 15) is 18.0 Å². The Kier molecular flexibility index (Phi) is 3.88. The van der Waals surface area contributed by atoms with Crippen LogP contribution in [0.25, 0.3) is 10.9 Å². The summed E-state index contributed by atoms with van der Waals surface area (Å²) in [6.07, 6.45) is -4.79. The number of rotatable bonds is 3. The molecule has 0 aliphatic carbocycles. The maximum absolute atomic E-state index is 12.2. The molecule has 0 radical (unpaired) electrons. The van der Waals surface area contributed by atoms with Crippen molar-refractivity contribution in [1.29, 1.82) is 0 Å². The van der Waals surface area contributed by atoms with E-state index in [-0.39, 0.29) is 22.3 Å². The maximum atomic E-state index is 12.2. The molecule has 1 heterocycles. The molecule has 0 atom stereocenters. The predicted molar refractivity (Wildman–Crippen MR) is 66.3 cm³/mol. The molecule has 0 fully saturated rings. The zero-order valence-electron chi connectivity index (χ0n) is 11.0. The number of fused-ring (bicyclic) bond motifs is 1. The molecule has 8 heteroatoms. The lowest BCUT2D eigenvalue weighted by Gasteiger charge is -2.11. The highest BCUT2D eigenvalue weighted by Crippen LogP contribution is 2.31. The molecule has 5 nitrogen and oxygen atoms in total. The molecule has 2 aromatic rings. The van der Waals surface area contributed by atoms with Crippen molar-refractivity contribution in [3.8, 4) is 11.5 Å². The van der Waals surface area contributed by atoms with Gasteiger partial charge in [-0.15, -0.1) is 13.2 Å². The zero-order valence-corrected chi connectivity index (χ0v) is 11.0. The van der Waals surface area contributed by atoms with E-state index in [2.05, 4.69) is 14.5 Å². The fourth-order valence-electron chi connectivity index (χ4n) is 1.75. The monoisotopic (exact) mass is 301 g/mol. The minimum Gasteiger partial charge on any atom is -0.496 e. The van der Waals surface area contributed by atoms with Crippen LogP contribution in [0.15, 0.2) is 24.3 Å². The molecule has 0 aliphatic rings. The minimum atomic E-state index is -4.79. The Morgan fingerprint density at radius 1 is 1.19 bits per heavy atom. The second-order valence-electron chi connectivity index (χ2n) is 3.93. The van der Waals surface area contributed by atoms with E-state index in [0.29, 0.717) is 0 Å². The molecule has 1 aromatic heterocycles. The van der Waals surface area contributed by atoms with Crippen molar-refractivity contribution in [2.24, 2.45) is 0 Å². The van der Waals surface area contributed by atoms with Crippen molar-refractivity contribution in [2.45, 2.75) is 6.36 Å². The van der Waals surface area contributed by atoms with Crippen LogP contribution in [0.2, 0.25) is 0 Å². The molecule has 0 saturated heterocycles. The number of halogens is 3. The molecule has 2 rings (SSSR count). The average molecular weight is 301 g/mol. The Morgan fingerprint density at radius 3 is 2.48 bits per heavy atom. The van der Waals surface area contributed by atoms with Gasteiger partial charge in [0.05, 0.1) is 19.7 Å². The van der Waals surface area contributed by atoms with E-state index in [1.807, 2.05) is 0 Å². The van der Waals surface area contributed by atoms with E-state index < -0.39 is 18.1 Å². The summed E-state index contributed by atoms with van der Waals surface area (Å²) in [4.78, 5) is 15.5. The number of ether oxygens (including phenoxy) is 3. The van der Waals surface area contributed by atoms with Gasteiger partial charge < -0.3 is 14.2 Å². The van der Waals surface area contributed by atoms with Gasteiger partial charge in [0.25, 0.3) is 0 Å². The van der Waals surface area contributed by atoms with E-state index in [1.54, 1.807) is 0 Å². The van der Waals surface area contributed by atoms with Crippen molar-refractivity contribution < 1.29 is 32.2 Å². The van der Waals surface area contributed by atoms with Crippen LogP contribution in [0.5, 0.6) is 11.5 Å². The van der Waals surface area contributed by atoms with Crippen LogP contribution in [-0.2, 0) is 4.74 Å². The van der Waals surface area contributed by atoms with Gasteiger partial charge in [0, 0.05) is 11.5 Å². The van der Waals surface area contributed by atoms with Crippen LogP contribution in [0.4, 0.5) is 13.2 Å². The number of benzene rings is 1. The van der Waals surface area contributed by atoms with Crippen LogP contribution in [0.1, 0.15) is 10.5 Å². The second kappa shape index (κ2) is 5.47. The summed E-state index contributed by atoms with van der Waals surface area (Å²) in [5, 5.41) is 0.284. The summed E-state index contributed by atoms with van der Waals surface area (Å²) in [7, 11) is 2.52. The Hall–Kier alpha value is -2.51. The van der Waals surface area contributed by atoms with Crippen LogP contribution >= 0.6 is 0 Å². The summed E-state index contributed by atoms with van der Waals surface area (Å²) in [5.41, 5.74) is 0.274. The van der Waals surface area contributed by atoms with Gasteiger partial charge in [-0.3, -0.25) is 0 Å². The van der Waals surface area contributed by atoms with Crippen LogP contribution < -0.4 is 9.47 Å². The number of nitrogens with zero attached hydrogens (tertiary/aromatic N) is 1. The summed E-state index contributed by atoms with van der Waals surface area (Å²) in [6.45, 7) is 0. The highest BCUT2D eigenvalue weighted by Gasteiger charge is 2.31. The molecule has 1 aromatic carbocycles. The fourth-order valence-corrected chi connectivity index (χ4v) is 1.75. The number of carbonyl (C=O) groups excluding carboxylic acids is 1. The van der Waals surface area contributed by atoms with E-state index in [4.69, 9.17) is 4.74 Å². The lowest BCUT2D eigenvalue weighted by molar-refractivity contribution is -0.274. The first-order valence-corrected chi connectivity index (χ1v) is 5.67. The Balaban J connectivity index is 2.54. The third-order valence-electron chi connectivity index (χ3n) is 2.59. The third-order valence-corrected chi connectivity index (χ3v) is 2.59. The van der Waals surface area contributed by atoms with Crippen molar-refractivity contribution >= 4 is 16.9 Å². The van der Waals surface area contributed by atoms with Crippen molar-refractivity contribution in [3.05, 3.63) is 30.0 Å². The summed E-state index contributed by atoms with van der Waals surface area (Å²) in [5.74, 6) is -0.889. The number of hydrogen-bond donors (Lipinski definition) is 0. The number of pyridine rings is 1. The predicted octanol–water partition coefficient (Wildman–Crippen LogP) is 2.93. The van der Waals surface area contributed by atoms with Gasteiger partial charge in [0.2, 0.25) is 0 Å². The Bertz CT molecular complexity index is 685. The number of hydrogen-bond acceptors (Lipinski definition) is 5. The normalized spacial score (nSPS) is 11.3. The summed E-state index contributed by atoms with van der Waals surface area (Å²) < 4.78 is 50.1. The lowest BCUT2D eigenvalue weighted by atomic mass is 10.1. The molecule has 0 unspecified atom stereocenters. The smallest absolute Gasteiger partial charge is 0.496 e. The van der Waals surface area contributed by atoms with Crippen LogP contribution in [0.3, 0.4) is 0 Å². The number of methoxy groups -OCH3 is 2. The van der Waals surface area contributed by atoms with E-state index in [1.165, 1.54) is 26.4 Å². The lowest BCUT2D eigenvalue weighted by Crippen LogP contribution is -2.17. The molecule has 0 bridgehead atoms. The fraction of sp³-hybridized carbons (Fsp3) is 0.231. The topological polar surface area (TPSA) is 57.7 Å². The molecular formula is C13H10F3NO4. The van der Waals surface area contributed by atoms with Gasteiger partial charge in [-0.05, 0) is 18.2 Å². The standard InChI is InChI=1S/C13H10F3NO4/c1-19-11-6-10(12(18)20-2)17-9-4-3-7(5-8(9)11)21-13(14,15)16/h3-6H,1-2H3. The molecule has 0 amide bonds. The maximum Gasteiger partial charge on any atom is 0.573 e. The molecule has 0 spiro atoms. The number of esters is 1. The number of carbonyl (C=O) groups is 1. The highest BCUT2D eigenvalue weighted by atomic mass is 19.4. The van der Waals surface area contributed by atoms with Crippen molar-refractivity contribution in [2.75, 3.05) is 14.2 Å². The quantitative estimate of drug-likeness (QED) is 0.816. The van der Waals surface area contributed by atoms with E-state index in [0.717, 1.165) is 12.1 Å². The minimum absolute atomic E-state index is 0.00802. The number of alkyl halides is 3. The van der Waals surface area contributed by atoms with Crippen molar-refractivity contribution in [1.82, 2.24) is 4.98 Å². The first-order chi connectivity index (χ1) is 9.84.